The Labute approximate surface area is 447 Å². The molecule has 8 heterocycles. The van der Waals surface area contributed by atoms with E-state index in [9.17, 15) is 19.2 Å². The van der Waals surface area contributed by atoms with Crippen LogP contribution < -0.4 is 30.3 Å². The molecule has 0 saturated carbocycles. The van der Waals surface area contributed by atoms with Crippen LogP contribution in [0, 0.1) is 0 Å². The third-order valence-corrected chi connectivity index (χ3v) is 12.6. The number of ether oxygens (including phenoxy) is 2. The van der Waals surface area contributed by atoms with Gasteiger partial charge in [-0.3, -0.25) is 19.2 Å². The SMILES string of the molecule is O=C(NCc1ccc2c(c1)N(Cc1ccccc1)C(=O)CO2)c1cc(-c2nnn(Cc3ccccc3)n2)n2nccc2n1.O=C1COc2ccc(CNC(=O)c3cc(-c4nnn(Cc5ccccc5)n4)n4nccc4n3)cc2N1. The summed E-state index contributed by atoms with van der Waals surface area (Å²) in [5.41, 5.74) is 8.22. The molecule has 6 aromatic heterocycles. The second-order valence-corrected chi connectivity index (χ2v) is 18.1. The summed E-state index contributed by atoms with van der Waals surface area (Å²) in [7, 11) is 0. The minimum absolute atomic E-state index is 0.0109. The van der Waals surface area contributed by atoms with Gasteiger partial charge in [0.15, 0.2) is 24.5 Å². The Bertz CT molecular complexity index is 4050. The first-order valence-electron chi connectivity index (χ1n) is 24.8. The summed E-state index contributed by atoms with van der Waals surface area (Å²) in [5, 5.41) is 42.9. The molecule has 0 bridgehead atoms. The molecule has 0 aliphatic carbocycles. The van der Waals surface area contributed by atoms with E-state index in [0.29, 0.717) is 76.8 Å². The van der Waals surface area contributed by atoms with Gasteiger partial charge in [0.1, 0.15) is 34.3 Å². The van der Waals surface area contributed by atoms with Gasteiger partial charge >= 0.3 is 0 Å². The molecule has 13 rings (SSSR count). The number of carbonyl (C=O) groups is 4. The van der Waals surface area contributed by atoms with E-state index < -0.39 is 0 Å². The van der Waals surface area contributed by atoms with E-state index in [1.165, 1.54) is 9.59 Å². The lowest BCUT2D eigenvalue weighted by Gasteiger charge is -2.30. The van der Waals surface area contributed by atoms with Crippen molar-refractivity contribution in [3.05, 3.63) is 203 Å². The number of benzene rings is 5. The van der Waals surface area contributed by atoms with E-state index in [2.05, 4.69) is 66.9 Å². The number of hydrogen-bond donors (Lipinski definition) is 3. The molecule has 79 heavy (non-hydrogen) atoms. The molecular weight excluding hydrogens is 1010 g/mol. The lowest BCUT2D eigenvalue weighted by atomic mass is 10.1. The van der Waals surface area contributed by atoms with E-state index in [4.69, 9.17) is 9.47 Å². The van der Waals surface area contributed by atoms with E-state index in [1.807, 2.05) is 115 Å². The zero-order valence-corrected chi connectivity index (χ0v) is 41.7. The third-order valence-electron chi connectivity index (χ3n) is 12.6. The predicted molar refractivity (Wildman–Crippen MR) is 283 cm³/mol. The summed E-state index contributed by atoms with van der Waals surface area (Å²) < 4.78 is 14.2. The zero-order chi connectivity index (χ0) is 53.7. The van der Waals surface area contributed by atoms with Gasteiger partial charge in [0.2, 0.25) is 11.6 Å². The fourth-order valence-corrected chi connectivity index (χ4v) is 8.78. The lowest BCUT2D eigenvalue weighted by Crippen LogP contribution is -2.38. The standard InChI is InChI=1S/C31H25N9O3.C24H19N9O3/c41-29-20-43-27-12-11-23(15-25(27)38(29)18-21-7-3-1-4-8-21)17-32-31(42)24-16-26(40-28(34-24)13-14-33-40)30-35-37-39(36-30)19-22-9-5-2-6-10-22;34-22-14-36-20-7-6-16(10-17(20)28-22)12-25-24(35)18-11-19(33-21(27-18)8-9-26-33)23-29-31-32(30-23)13-15-4-2-1-3-5-15/h1-16H,17-20H2,(H,32,42);1-11H,12-14H2,(H,25,35)(H,28,34). The molecule has 0 radical (unpaired) electrons. The van der Waals surface area contributed by atoms with Gasteiger partial charge < -0.3 is 30.3 Å². The largest absolute Gasteiger partial charge is 0.482 e. The molecule has 4 amide bonds. The van der Waals surface area contributed by atoms with Crippen molar-refractivity contribution in [2.24, 2.45) is 0 Å². The minimum atomic E-state index is -0.382. The van der Waals surface area contributed by atoms with Crippen molar-refractivity contribution in [3.63, 3.8) is 0 Å². The molecule has 390 valence electrons. The molecule has 0 spiro atoms. The lowest BCUT2D eigenvalue weighted by molar-refractivity contribution is -0.121. The van der Waals surface area contributed by atoms with Gasteiger partial charge in [-0.25, -0.2) is 19.0 Å². The van der Waals surface area contributed by atoms with Crippen LogP contribution in [0.1, 0.15) is 48.8 Å². The molecule has 0 saturated heterocycles. The molecule has 24 heteroatoms. The highest BCUT2D eigenvalue weighted by Gasteiger charge is 2.27. The summed E-state index contributed by atoms with van der Waals surface area (Å²) in [5.74, 6) is 0.746. The number of rotatable bonds is 14. The average Bonchev–Trinajstić information content (AvgIpc) is 4.43. The van der Waals surface area contributed by atoms with E-state index in [0.717, 1.165) is 27.8 Å². The van der Waals surface area contributed by atoms with Gasteiger partial charge in [-0.05, 0) is 74.6 Å². The number of tetrazole rings is 2. The number of nitrogens with one attached hydrogen (secondary N) is 3. The second kappa shape index (κ2) is 21.7. The Morgan fingerprint density at radius 2 is 1.03 bits per heavy atom. The van der Waals surface area contributed by atoms with Gasteiger partial charge in [-0.2, -0.15) is 19.8 Å². The van der Waals surface area contributed by atoms with Crippen molar-refractivity contribution in [2.45, 2.75) is 32.7 Å². The number of nitrogens with zero attached hydrogens (tertiary/aromatic N) is 15. The van der Waals surface area contributed by atoms with Gasteiger partial charge in [0.25, 0.3) is 23.6 Å². The van der Waals surface area contributed by atoms with Crippen molar-refractivity contribution in [2.75, 3.05) is 23.4 Å². The monoisotopic (exact) mass is 1050 g/mol. The smallest absolute Gasteiger partial charge is 0.270 e. The molecule has 0 unspecified atom stereocenters. The van der Waals surface area contributed by atoms with Crippen molar-refractivity contribution in [1.29, 1.82) is 0 Å². The maximum Gasteiger partial charge on any atom is 0.270 e. The number of hydrogen-bond acceptors (Lipinski definition) is 16. The van der Waals surface area contributed by atoms with Crippen LogP contribution in [0.15, 0.2) is 164 Å². The van der Waals surface area contributed by atoms with Crippen LogP contribution in [0.4, 0.5) is 11.4 Å². The van der Waals surface area contributed by atoms with Crippen LogP contribution in [0.25, 0.3) is 34.3 Å². The molecular formula is C55H44N18O6. The van der Waals surface area contributed by atoms with E-state index in [1.54, 1.807) is 62.7 Å². The molecule has 2 aliphatic rings. The van der Waals surface area contributed by atoms with E-state index in [-0.39, 0.29) is 61.3 Å². The van der Waals surface area contributed by atoms with Crippen molar-refractivity contribution in [3.8, 4) is 34.5 Å². The zero-order valence-electron chi connectivity index (χ0n) is 41.7. The summed E-state index contributed by atoms with van der Waals surface area (Å²) in [6, 6.07) is 46.9. The number of fused-ring (bicyclic) bond motifs is 4. The summed E-state index contributed by atoms with van der Waals surface area (Å²) in [6.07, 6.45) is 3.19. The number of anilines is 2. The highest BCUT2D eigenvalue weighted by atomic mass is 16.5. The Hall–Kier alpha value is -11.0. The van der Waals surface area contributed by atoms with Crippen LogP contribution in [0.2, 0.25) is 0 Å². The van der Waals surface area contributed by atoms with Crippen LogP contribution >= 0.6 is 0 Å². The van der Waals surface area contributed by atoms with Crippen molar-refractivity contribution < 1.29 is 28.7 Å². The van der Waals surface area contributed by atoms with Crippen molar-refractivity contribution in [1.82, 2.24) is 80.2 Å². The molecule has 5 aromatic carbocycles. The highest BCUT2D eigenvalue weighted by Crippen LogP contribution is 2.34. The van der Waals surface area contributed by atoms with Crippen LogP contribution in [0.3, 0.4) is 0 Å². The Balaban J connectivity index is 0.000000160. The van der Waals surface area contributed by atoms with Crippen LogP contribution in [-0.4, -0.2) is 106 Å². The summed E-state index contributed by atoms with van der Waals surface area (Å²) >= 11 is 0. The number of carbonyl (C=O) groups excluding carboxylic acids is 4. The molecule has 0 fully saturated rings. The Morgan fingerprint density at radius 3 is 1.57 bits per heavy atom. The molecule has 3 N–H and O–H groups in total. The quantitative estimate of drug-likeness (QED) is 0.130. The second-order valence-electron chi connectivity index (χ2n) is 18.1. The topological polar surface area (TPSA) is 274 Å². The maximum absolute atomic E-state index is 13.3. The van der Waals surface area contributed by atoms with Crippen LogP contribution in [-0.2, 0) is 42.3 Å². The first-order valence-corrected chi connectivity index (χ1v) is 24.8. The van der Waals surface area contributed by atoms with Gasteiger partial charge in [-0.1, -0.05) is 103 Å². The average molecular weight is 1050 g/mol. The third kappa shape index (κ3) is 10.9. The molecule has 2 aliphatic heterocycles. The van der Waals surface area contributed by atoms with E-state index >= 15 is 0 Å². The first-order chi connectivity index (χ1) is 38.7. The maximum atomic E-state index is 13.3. The minimum Gasteiger partial charge on any atom is -0.482 e. The fraction of sp³-hybridized carbons (Fsp3) is 0.127. The summed E-state index contributed by atoms with van der Waals surface area (Å²) in [4.78, 5) is 64.2. The Kier molecular flexibility index (Phi) is 13.4. The molecule has 11 aromatic rings. The highest BCUT2D eigenvalue weighted by molar-refractivity contribution is 5.98. The molecule has 0 atom stereocenters. The van der Waals surface area contributed by atoms with Crippen LogP contribution in [0.5, 0.6) is 11.5 Å². The van der Waals surface area contributed by atoms with Gasteiger partial charge in [-0.15, -0.1) is 20.4 Å². The first kappa shape index (κ1) is 48.9. The van der Waals surface area contributed by atoms with Gasteiger partial charge in [0.05, 0.1) is 43.4 Å². The summed E-state index contributed by atoms with van der Waals surface area (Å²) in [6.45, 7) is 1.75. The normalized spacial score (nSPS) is 12.6. The molecule has 24 nitrogen and oxygen atoms in total. The number of amides is 4. The van der Waals surface area contributed by atoms with Gasteiger partial charge in [0, 0.05) is 25.2 Å². The Morgan fingerprint density at radius 1 is 0.532 bits per heavy atom. The predicted octanol–water partition coefficient (Wildman–Crippen LogP) is 4.98. The number of aromatic nitrogens is 14. The fourth-order valence-electron chi connectivity index (χ4n) is 8.78. The van der Waals surface area contributed by atoms with Crippen molar-refractivity contribution >= 4 is 46.3 Å².